The first-order valence-corrected chi connectivity index (χ1v) is 4.50. The Hall–Kier alpha value is -1.82. The fraction of sp³-hybridized carbons (Fsp3) is 0.333. The van der Waals surface area contributed by atoms with E-state index in [1.807, 2.05) is 6.07 Å². The molecule has 1 aromatic heterocycles. The summed E-state index contributed by atoms with van der Waals surface area (Å²) in [6.45, 7) is 0.938. The van der Waals surface area contributed by atoms with Crippen LogP contribution in [0.25, 0.3) is 0 Å². The summed E-state index contributed by atoms with van der Waals surface area (Å²) >= 11 is 0. The minimum atomic E-state index is -0.468. The van der Waals surface area contributed by atoms with Crippen LogP contribution in [0.4, 0.5) is 11.5 Å². The first-order valence-electron chi connectivity index (χ1n) is 4.50. The van der Waals surface area contributed by atoms with Crippen molar-refractivity contribution < 1.29 is 9.53 Å². The number of nitrogen functional groups attached to an aromatic ring is 1. The maximum atomic E-state index is 10.3. The van der Waals surface area contributed by atoms with Crippen LogP contribution in [0.1, 0.15) is 0 Å². The molecule has 0 aromatic carbocycles. The molecule has 0 bridgehead atoms. The zero-order chi connectivity index (χ0) is 11.1. The van der Waals surface area contributed by atoms with Crippen molar-refractivity contribution in [2.75, 3.05) is 30.8 Å². The third-order valence-electron chi connectivity index (χ3n) is 1.61. The van der Waals surface area contributed by atoms with Crippen LogP contribution < -0.4 is 16.8 Å². The van der Waals surface area contributed by atoms with Gasteiger partial charge in [0.15, 0.2) is 0 Å². The smallest absolute Gasteiger partial charge is 0.243 e. The highest BCUT2D eigenvalue weighted by molar-refractivity contribution is 5.74. The number of hydrogen-bond acceptors (Lipinski definition) is 5. The lowest BCUT2D eigenvalue weighted by Crippen LogP contribution is -2.20. The van der Waals surface area contributed by atoms with Crippen LogP contribution >= 0.6 is 0 Å². The van der Waals surface area contributed by atoms with Crippen LogP contribution in [0.2, 0.25) is 0 Å². The quantitative estimate of drug-likeness (QED) is 0.553. The number of aromatic nitrogens is 1. The van der Waals surface area contributed by atoms with Gasteiger partial charge in [-0.2, -0.15) is 0 Å². The Bertz CT molecular complexity index is 312. The molecule has 0 aliphatic heterocycles. The number of ether oxygens (including phenoxy) is 1. The van der Waals surface area contributed by atoms with Crippen molar-refractivity contribution in [1.82, 2.24) is 4.98 Å². The molecule has 0 atom stereocenters. The third kappa shape index (κ3) is 4.82. The molecule has 0 fully saturated rings. The fourth-order valence-electron chi connectivity index (χ4n) is 0.950. The minimum Gasteiger partial charge on any atom is -0.384 e. The molecule has 0 aliphatic carbocycles. The number of nitrogens with zero attached hydrogens (tertiary/aromatic N) is 1. The van der Waals surface area contributed by atoms with Crippen LogP contribution in [0.5, 0.6) is 0 Å². The molecule has 82 valence electrons. The predicted octanol–water partition coefficient (Wildman–Crippen LogP) is -0.422. The zero-order valence-electron chi connectivity index (χ0n) is 8.27. The van der Waals surface area contributed by atoms with E-state index in [0.29, 0.717) is 19.0 Å². The molecule has 0 aliphatic rings. The van der Waals surface area contributed by atoms with Crippen molar-refractivity contribution >= 4 is 17.4 Å². The van der Waals surface area contributed by atoms with Gasteiger partial charge < -0.3 is 21.5 Å². The van der Waals surface area contributed by atoms with E-state index >= 15 is 0 Å². The molecule has 0 saturated carbocycles. The average Bonchev–Trinajstić information content (AvgIpc) is 2.20. The number of carbonyl (C=O) groups excluding carboxylic acids is 1. The minimum absolute atomic E-state index is 0.0539. The van der Waals surface area contributed by atoms with Crippen molar-refractivity contribution in [2.45, 2.75) is 0 Å². The molecule has 0 unspecified atom stereocenters. The molecule has 1 rings (SSSR count). The SMILES string of the molecule is NC(=O)COCCNc1ccc(N)nc1. The highest BCUT2D eigenvalue weighted by atomic mass is 16.5. The third-order valence-corrected chi connectivity index (χ3v) is 1.61. The highest BCUT2D eigenvalue weighted by Gasteiger charge is 1.94. The Morgan fingerprint density at radius 1 is 1.53 bits per heavy atom. The standard InChI is InChI=1S/C9H14N4O2/c10-8-2-1-7(5-13-8)12-3-4-15-6-9(11)14/h1-2,5,12H,3-4,6H2,(H2,10,13)(H2,11,14). The van der Waals surface area contributed by atoms with Crippen molar-refractivity contribution in [3.05, 3.63) is 18.3 Å². The van der Waals surface area contributed by atoms with Gasteiger partial charge in [-0.15, -0.1) is 0 Å². The molecule has 1 aromatic rings. The Kier molecular flexibility index (Phi) is 4.36. The van der Waals surface area contributed by atoms with Gasteiger partial charge in [-0.1, -0.05) is 0 Å². The lowest BCUT2D eigenvalue weighted by atomic mass is 10.4. The Morgan fingerprint density at radius 3 is 2.93 bits per heavy atom. The molecule has 0 radical (unpaired) electrons. The van der Waals surface area contributed by atoms with Crippen LogP contribution in [0.15, 0.2) is 18.3 Å². The Morgan fingerprint density at radius 2 is 2.33 bits per heavy atom. The molecular weight excluding hydrogens is 196 g/mol. The largest absolute Gasteiger partial charge is 0.384 e. The number of pyridine rings is 1. The summed E-state index contributed by atoms with van der Waals surface area (Å²) in [5.74, 6) is 0.00896. The van der Waals surface area contributed by atoms with E-state index in [4.69, 9.17) is 16.2 Å². The summed E-state index contributed by atoms with van der Waals surface area (Å²) in [6.07, 6.45) is 1.63. The van der Waals surface area contributed by atoms with Gasteiger partial charge in [-0.05, 0) is 12.1 Å². The number of anilines is 2. The van der Waals surface area contributed by atoms with Crippen LogP contribution in [0, 0.1) is 0 Å². The van der Waals surface area contributed by atoms with E-state index in [0.717, 1.165) is 5.69 Å². The topological polar surface area (TPSA) is 103 Å². The van der Waals surface area contributed by atoms with Crippen molar-refractivity contribution in [3.8, 4) is 0 Å². The van der Waals surface area contributed by atoms with Gasteiger partial charge in [0.2, 0.25) is 5.91 Å². The number of hydrogen-bond donors (Lipinski definition) is 3. The van der Waals surface area contributed by atoms with E-state index in [1.54, 1.807) is 12.3 Å². The van der Waals surface area contributed by atoms with E-state index in [9.17, 15) is 4.79 Å². The second-order valence-corrected chi connectivity index (χ2v) is 2.92. The van der Waals surface area contributed by atoms with Crippen LogP contribution in [0.3, 0.4) is 0 Å². The molecule has 6 heteroatoms. The second kappa shape index (κ2) is 5.82. The van der Waals surface area contributed by atoms with E-state index in [-0.39, 0.29) is 6.61 Å². The molecular formula is C9H14N4O2. The molecule has 1 heterocycles. The average molecular weight is 210 g/mol. The molecule has 0 spiro atoms. The predicted molar refractivity (Wildman–Crippen MR) is 57.2 cm³/mol. The van der Waals surface area contributed by atoms with E-state index < -0.39 is 5.91 Å². The molecule has 15 heavy (non-hydrogen) atoms. The summed E-state index contributed by atoms with van der Waals surface area (Å²) in [7, 11) is 0. The highest BCUT2D eigenvalue weighted by Crippen LogP contribution is 2.05. The van der Waals surface area contributed by atoms with Crippen molar-refractivity contribution in [2.24, 2.45) is 5.73 Å². The van der Waals surface area contributed by atoms with E-state index in [2.05, 4.69) is 10.3 Å². The number of amides is 1. The number of nitrogens with two attached hydrogens (primary N) is 2. The number of nitrogens with one attached hydrogen (secondary N) is 1. The monoisotopic (exact) mass is 210 g/mol. The first kappa shape index (κ1) is 11.3. The molecule has 1 amide bonds. The van der Waals surface area contributed by atoms with Crippen LogP contribution in [-0.4, -0.2) is 30.6 Å². The summed E-state index contributed by atoms with van der Waals surface area (Å²) < 4.78 is 4.96. The number of primary amides is 1. The molecule has 6 nitrogen and oxygen atoms in total. The van der Waals surface area contributed by atoms with Gasteiger partial charge in [-0.3, -0.25) is 4.79 Å². The van der Waals surface area contributed by atoms with Gasteiger partial charge in [0.1, 0.15) is 12.4 Å². The normalized spacial score (nSPS) is 9.87. The zero-order valence-corrected chi connectivity index (χ0v) is 8.27. The van der Waals surface area contributed by atoms with Gasteiger partial charge >= 0.3 is 0 Å². The van der Waals surface area contributed by atoms with Crippen LogP contribution in [-0.2, 0) is 9.53 Å². The summed E-state index contributed by atoms with van der Waals surface area (Å²) in [4.78, 5) is 14.2. The number of rotatable bonds is 6. The number of carbonyl (C=O) groups is 1. The maximum absolute atomic E-state index is 10.3. The van der Waals surface area contributed by atoms with Gasteiger partial charge in [0.05, 0.1) is 18.5 Å². The first-order chi connectivity index (χ1) is 7.18. The second-order valence-electron chi connectivity index (χ2n) is 2.92. The summed E-state index contributed by atoms with van der Waals surface area (Å²) in [5, 5.41) is 3.05. The summed E-state index contributed by atoms with van der Waals surface area (Å²) in [6, 6.07) is 3.52. The van der Waals surface area contributed by atoms with Gasteiger partial charge in [-0.25, -0.2) is 4.98 Å². The lowest BCUT2D eigenvalue weighted by Gasteiger charge is -2.05. The van der Waals surface area contributed by atoms with Crippen molar-refractivity contribution in [3.63, 3.8) is 0 Å². The van der Waals surface area contributed by atoms with Crippen molar-refractivity contribution in [1.29, 1.82) is 0 Å². The molecule has 0 saturated heterocycles. The lowest BCUT2D eigenvalue weighted by molar-refractivity contribution is -0.122. The van der Waals surface area contributed by atoms with E-state index in [1.165, 1.54) is 0 Å². The van der Waals surface area contributed by atoms with Gasteiger partial charge in [0, 0.05) is 6.54 Å². The Labute approximate surface area is 87.6 Å². The van der Waals surface area contributed by atoms with Gasteiger partial charge in [0.25, 0.3) is 0 Å². The summed E-state index contributed by atoms with van der Waals surface area (Å²) in [5.41, 5.74) is 11.2. The molecule has 5 N–H and O–H groups in total. The maximum Gasteiger partial charge on any atom is 0.243 e. The fourth-order valence-corrected chi connectivity index (χ4v) is 0.950. The Balaban J connectivity index is 2.15.